The minimum atomic E-state index is 0.256. The first-order valence-corrected chi connectivity index (χ1v) is 7.19. The summed E-state index contributed by atoms with van der Waals surface area (Å²) < 4.78 is 7.61. The zero-order valence-corrected chi connectivity index (χ0v) is 11.6. The van der Waals surface area contributed by atoms with E-state index in [1.165, 1.54) is 12.8 Å². The van der Waals surface area contributed by atoms with Gasteiger partial charge in [0, 0.05) is 11.6 Å². The predicted octanol–water partition coefficient (Wildman–Crippen LogP) is 3.52. The number of rotatable bonds is 4. The molecule has 0 unspecified atom stereocenters. The van der Waals surface area contributed by atoms with E-state index < -0.39 is 0 Å². The normalized spacial score (nSPS) is 14.5. The number of nitrogens with zero attached hydrogens (tertiary/aromatic N) is 2. The molecule has 0 aliphatic heterocycles. The Morgan fingerprint density at radius 1 is 1.14 bits per heavy atom. The van der Waals surface area contributed by atoms with Crippen LogP contribution in [0.3, 0.4) is 0 Å². The smallest absolute Gasteiger partial charge is 0.120 e. The van der Waals surface area contributed by atoms with Crippen LogP contribution in [0.4, 0.5) is 0 Å². The van der Waals surface area contributed by atoms with E-state index in [1.807, 2.05) is 41.2 Å². The summed E-state index contributed by atoms with van der Waals surface area (Å²) in [5.74, 6) is 1.91. The van der Waals surface area contributed by atoms with E-state index in [4.69, 9.17) is 4.74 Å². The summed E-state index contributed by atoms with van der Waals surface area (Å²) in [7, 11) is 0. The highest BCUT2D eigenvalue weighted by Gasteiger charge is 2.21. The topological polar surface area (TPSA) is 47.3 Å². The molecular formula is C17H16N2O2. The van der Waals surface area contributed by atoms with Crippen LogP contribution in [0.25, 0.3) is 16.6 Å². The Morgan fingerprint density at radius 2 is 1.95 bits per heavy atom. The number of aromatic hydroxyl groups is 1. The van der Waals surface area contributed by atoms with Crippen LogP contribution in [-0.2, 0) is 0 Å². The van der Waals surface area contributed by atoms with E-state index in [1.54, 1.807) is 12.1 Å². The zero-order chi connectivity index (χ0) is 14.2. The van der Waals surface area contributed by atoms with Crippen LogP contribution < -0.4 is 4.74 Å². The lowest BCUT2D eigenvalue weighted by Gasteiger charge is -2.03. The molecule has 4 rings (SSSR count). The Balaban J connectivity index is 1.63. The molecule has 1 aromatic heterocycles. The first-order chi connectivity index (χ1) is 10.3. The maximum atomic E-state index is 9.34. The zero-order valence-electron chi connectivity index (χ0n) is 11.6. The van der Waals surface area contributed by atoms with Gasteiger partial charge in [-0.05, 0) is 61.2 Å². The number of hydrogen-bond donors (Lipinski definition) is 1. The predicted molar refractivity (Wildman–Crippen MR) is 81.0 cm³/mol. The number of fused-ring (bicyclic) bond motifs is 1. The van der Waals surface area contributed by atoms with Crippen LogP contribution in [0.2, 0.25) is 0 Å². The molecule has 1 aliphatic carbocycles. The third kappa shape index (κ3) is 2.57. The molecule has 1 fully saturated rings. The fourth-order valence-electron chi connectivity index (χ4n) is 2.33. The van der Waals surface area contributed by atoms with Gasteiger partial charge < -0.3 is 9.84 Å². The fourth-order valence-corrected chi connectivity index (χ4v) is 2.33. The lowest BCUT2D eigenvalue weighted by molar-refractivity contribution is 0.300. The molecule has 3 aromatic rings. The van der Waals surface area contributed by atoms with Gasteiger partial charge in [0.05, 0.1) is 17.8 Å². The molecule has 106 valence electrons. The minimum Gasteiger partial charge on any atom is -0.508 e. The molecule has 1 N–H and O–H groups in total. The molecule has 0 spiro atoms. The van der Waals surface area contributed by atoms with Gasteiger partial charge in [-0.3, -0.25) is 0 Å². The van der Waals surface area contributed by atoms with Crippen LogP contribution in [0.1, 0.15) is 12.8 Å². The molecule has 0 bridgehead atoms. The molecule has 4 heteroatoms. The third-order valence-corrected chi connectivity index (χ3v) is 3.77. The molecular weight excluding hydrogens is 264 g/mol. The second-order valence-corrected chi connectivity index (χ2v) is 5.57. The van der Waals surface area contributed by atoms with E-state index in [0.717, 1.165) is 34.9 Å². The molecule has 0 saturated heterocycles. The molecule has 0 radical (unpaired) electrons. The van der Waals surface area contributed by atoms with E-state index in [0.29, 0.717) is 0 Å². The largest absolute Gasteiger partial charge is 0.508 e. The van der Waals surface area contributed by atoms with Gasteiger partial charge in [0.15, 0.2) is 0 Å². The van der Waals surface area contributed by atoms with Crippen molar-refractivity contribution in [1.82, 2.24) is 9.78 Å². The molecule has 1 heterocycles. The fraction of sp³-hybridized carbons (Fsp3) is 0.235. The summed E-state index contributed by atoms with van der Waals surface area (Å²) in [6.07, 6.45) is 4.56. The van der Waals surface area contributed by atoms with Gasteiger partial charge in [0.1, 0.15) is 11.5 Å². The van der Waals surface area contributed by atoms with Gasteiger partial charge in [-0.25, -0.2) is 4.68 Å². The molecule has 1 saturated carbocycles. The highest BCUT2D eigenvalue weighted by Crippen LogP contribution is 2.30. The number of ether oxygens (including phenoxy) is 1. The van der Waals surface area contributed by atoms with Crippen LogP contribution in [0, 0.1) is 5.92 Å². The Kier molecular flexibility index (Phi) is 2.81. The van der Waals surface area contributed by atoms with E-state index in [9.17, 15) is 5.11 Å². The van der Waals surface area contributed by atoms with Gasteiger partial charge in [-0.1, -0.05) is 0 Å². The van der Waals surface area contributed by atoms with Gasteiger partial charge >= 0.3 is 0 Å². The Hall–Kier alpha value is -2.49. The molecule has 21 heavy (non-hydrogen) atoms. The highest BCUT2D eigenvalue weighted by molar-refractivity contribution is 5.80. The Morgan fingerprint density at radius 3 is 2.71 bits per heavy atom. The standard InChI is InChI=1S/C17H16N2O2/c20-15-5-3-14(4-6-15)19-10-13-9-16(7-8-17(13)18-19)21-11-12-1-2-12/h3-10,12,20H,1-2,11H2. The maximum absolute atomic E-state index is 9.34. The average Bonchev–Trinajstić information content (AvgIpc) is 3.23. The van der Waals surface area contributed by atoms with Gasteiger partial charge in [-0.15, -0.1) is 0 Å². The molecule has 0 amide bonds. The first-order valence-electron chi connectivity index (χ1n) is 7.19. The summed E-state index contributed by atoms with van der Waals surface area (Å²) in [5.41, 5.74) is 1.85. The Bertz CT molecular complexity index is 773. The van der Waals surface area contributed by atoms with Crippen LogP contribution in [-0.4, -0.2) is 21.5 Å². The number of hydrogen-bond acceptors (Lipinski definition) is 3. The number of phenols is 1. The summed E-state index contributed by atoms with van der Waals surface area (Å²) in [6.45, 7) is 0.817. The lowest BCUT2D eigenvalue weighted by atomic mass is 10.2. The van der Waals surface area contributed by atoms with E-state index >= 15 is 0 Å². The average molecular weight is 280 g/mol. The second-order valence-electron chi connectivity index (χ2n) is 5.57. The van der Waals surface area contributed by atoms with Crippen molar-refractivity contribution in [3.8, 4) is 17.2 Å². The van der Waals surface area contributed by atoms with Crippen molar-refractivity contribution in [3.63, 3.8) is 0 Å². The monoisotopic (exact) mass is 280 g/mol. The number of aromatic nitrogens is 2. The van der Waals surface area contributed by atoms with Crippen molar-refractivity contribution >= 4 is 10.9 Å². The van der Waals surface area contributed by atoms with Crippen molar-refractivity contribution in [2.45, 2.75) is 12.8 Å². The van der Waals surface area contributed by atoms with E-state index in [2.05, 4.69) is 5.10 Å². The van der Waals surface area contributed by atoms with Gasteiger partial charge in [-0.2, -0.15) is 5.10 Å². The van der Waals surface area contributed by atoms with Gasteiger partial charge in [0.25, 0.3) is 0 Å². The minimum absolute atomic E-state index is 0.256. The molecule has 0 atom stereocenters. The summed E-state index contributed by atoms with van der Waals surface area (Å²) in [4.78, 5) is 0. The van der Waals surface area contributed by atoms with Crippen LogP contribution in [0.5, 0.6) is 11.5 Å². The van der Waals surface area contributed by atoms with Gasteiger partial charge in [0.2, 0.25) is 0 Å². The van der Waals surface area contributed by atoms with Crippen molar-refractivity contribution < 1.29 is 9.84 Å². The van der Waals surface area contributed by atoms with Crippen molar-refractivity contribution in [1.29, 1.82) is 0 Å². The third-order valence-electron chi connectivity index (χ3n) is 3.77. The van der Waals surface area contributed by atoms with E-state index in [-0.39, 0.29) is 5.75 Å². The highest BCUT2D eigenvalue weighted by atomic mass is 16.5. The van der Waals surface area contributed by atoms with Crippen LogP contribution >= 0.6 is 0 Å². The summed E-state index contributed by atoms with van der Waals surface area (Å²) in [5, 5.41) is 14.9. The molecule has 2 aromatic carbocycles. The number of benzene rings is 2. The quantitative estimate of drug-likeness (QED) is 0.795. The number of phenolic OH excluding ortho intramolecular Hbond substituents is 1. The maximum Gasteiger partial charge on any atom is 0.120 e. The van der Waals surface area contributed by atoms with Crippen molar-refractivity contribution in [2.24, 2.45) is 5.92 Å². The molecule has 4 nitrogen and oxygen atoms in total. The van der Waals surface area contributed by atoms with Crippen molar-refractivity contribution in [3.05, 3.63) is 48.7 Å². The van der Waals surface area contributed by atoms with Crippen molar-refractivity contribution in [2.75, 3.05) is 6.61 Å². The summed E-state index contributed by atoms with van der Waals surface area (Å²) >= 11 is 0. The SMILES string of the molecule is Oc1ccc(-n2cc3cc(OCC4CC4)ccc3n2)cc1. The Labute approximate surface area is 122 Å². The lowest BCUT2D eigenvalue weighted by Crippen LogP contribution is -1.98. The molecule has 1 aliphatic rings. The first kappa shape index (κ1) is 12.3. The van der Waals surface area contributed by atoms with Crippen LogP contribution in [0.15, 0.2) is 48.7 Å². The second kappa shape index (κ2) is 4.81. The summed E-state index contributed by atoms with van der Waals surface area (Å²) in [6, 6.07) is 13.0.